The number of amides is 1. The summed E-state index contributed by atoms with van der Waals surface area (Å²) >= 11 is 0. The van der Waals surface area contributed by atoms with Crippen LogP contribution in [-0.4, -0.2) is 35.1 Å². The van der Waals surface area contributed by atoms with Crippen molar-refractivity contribution in [1.82, 2.24) is 4.90 Å². The van der Waals surface area contributed by atoms with Crippen molar-refractivity contribution in [2.45, 2.75) is 25.9 Å². The minimum absolute atomic E-state index is 0.0689. The molecule has 0 unspecified atom stereocenters. The number of para-hydroxylation sites is 1. The fraction of sp³-hybridized carbons (Fsp3) is 0.400. The van der Waals surface area contributed by atoms with Crippen LogP contribution in [0.15, 0.2) is 28.7 Å². The van der Waals surface area contributed by atoms with E-state index in [0.717, 1.165) is 16.5 Å². The van der Waals surface area contributed by atoms with E-state index in [1.807, 2.05) is 31.2 Å². The SMILES string of the molecule is Cc1c(C(=O)N2CCC(O)CC2)oc2ccccc12. The molecule has 0 saturated carbocycles. The van der Waals surface area contributed by atoms with Crippen LogP contribution in [0.3, 0.4) is 0 Å². The number of nitrogens with zero attached hydrogens (tertiary/aromatic N) is 1. The number of rotatable bonds is 1. The zero-order chi connectivity index (χ0) is 13.4. The number of aliphatic hydroxyl groups is 1. The van der Waals surface area contributed by atoms with E-state index in [-0.39, 0.29) is 12.0 Å². The van der Waals surface area contributed by atoms with Gasteiger partial charge in [0.25, 0.3) is 5.91 Å². The fourth-order valence-electron chi connectivity index (χ4n) is 2.59. The number of furan rings is 1. The summed E-state index contributed by atoms with van der Waals surface area (Å²) in [5.41, 5.74) is 1.65. The number of hydrogen-bond acceptors (Lipinski definition) is 3. The Kier molecular flexibility index (Phi) is 3.03. The first-order valence-corrected chi connectivity index (χ1v) is 6.62. The molecule has 1 fully saturated rings. The van der Waals surface area contributed by atoms with Crippen LogP contribution < -0.4 is 0 Å². The highest BCUT2D eigenvalue weighted by atomic mass is 16.3. The molecule has 1 amide bonds. The highest BCUT2D eigenvalue weighted by molar-refractivity contribution is 5.98. The van der Waals surface area contributed by atoms with E-state index in [9.17, 15) is 9.90 Å². The Labute approximate surface area is 111 Å². The van der Waals surface area contributed by atoms with Gasteiger partial charge in [-0.25, -0.2) is 0 Å². The molecule has 4 heteroatoms. The van der Waals surface area contributed by atoms with Gasteiger partial charge >= 0.3 is 0 Å². The van der Waals surface area contributed by atoms with E-state index >= 15 is 0 Å². The zero-order valence-corrected chi connectivity index (χ0v) is 10.9. The van der Waals surface area contributed by atoms with Crippen molar-refractivity contribution in [1.29, 1.82) is 0 Å². The number of fused-ring (bicyclic) bond motifs is 1. The van der Waals surface area contributed by atoms with Gasteiger partial charge in [-0.3, -0.25) is 4.79 Å². The third-order valence-electron chi connectivity index (χ3n) is 3.79. The molecule has 1 aromatic carbocycles. The van der Waals surface area contributed by atoms with Crippen molar-refractivity contribution in [3.05, 3.63) is 35.6 Å². The number of hydrogen-bond donors (Lipinski definition) is 1. The second-order valence-corrected chi connectivity index (χ2v) is 5.08. The van der Waals surface area contributed by atoms with Gasteiger partial charge in [0.05, 0.1) is 6.10 Å². The first kappa shape index (κ1) is 12.2. The molecular weight excluding hydrogens is 242 g/mol. The van der Waals surface area contributed by atoms with Crippen LogP contribution in [-0.2, 0) is 0 Å². The van der Waals surface area contributed by atoms with Crippen LogP contribution in [0.25, 0.3) is 11.0 Å². The van der Waals surface area contributed by atoms with Gasteiger partial charge in [0.2, 0.25) is 0 Å². The summed E-state index contributed by atoms with van der Waals surface area (Å²) in [6.45, 7) is 3.10. The number of piperidine rings is 1. The van der Waals surface area contributed by atoms with Crippen molar-refractivity contribution in [3.8, 4) is 0 Å². The highest BCUT2D eigenvalue weighted by Crippen LogP contribution is 2.26. The lowest BCUT2D eigenvalue weighted by molar-refractivity contribution is 0.0521. The van der Waals surface area contributed by atoms with Crippen molar-refractivity contribution in [2.75, 3.05) is 13.1 Å². The van der Waals surface area contributed by atoms with E-state index in [4.69, 9.17) is 4.42 Å². The normalized spacial score (nSPS) is 17.1. The molecule has 0 spiro atoms. The maximum atomic E-state index is 12.4. The first-order chi connectivity index (χ1) is 9.16. The van der Waals surface area contributed by atoms with Crippen molar-refractivity contribution in [2.24, 2.45) is 0 Å². The first-order valence-electron chi connectivity index (χ1n) is 6.62. The van der Waals surface area contributed by atoms with Gasteiger partial charge in [-0.2, -0.15) is 0 Å². The molecule has 4 nitrogen and oxygen atoms in total. The molecule has 1 aliphatic heterocycles. The van der Waals surface area contributed by atoms with Gasteiger partial charge < -0.3 is 14.4 Å². The lowest BCUT2D eigenvalue weighted by Crippen LogP contribution is -2.40. The average molecular weight is 259 g/mol. The zero-order valence-electron chi connectivity index (χ0n) is 10.9. The Hall–Kier alpha value is -1.81. The third-order valence-corrected chi connectivity index (χ3v) is 3.79. The summed E-state index contributed by atoms with van der Waals surface area (Å²) in [5.74, 6) is 0.359. The van der Waals surface area contributed by atoms with E-state index in [1.165, 1.54) is 0 Å². The molecule has 19 heavy (non-hydrogen) atoms. The monoisotopic (exact) mass is 259 g/mol. The maximum Gasteiger partial charge on any atom is 0.289 e. The topological polar surface area (TPSA) is 53.7 Å². The van der Waals surface area contributed by atoms with Gasteiger partial charge in [-0.1, -0.05) is 18.2 Å². The fourth-order valence-corrected chi connectivity index (χ4v) is 2.59. The molecule has 2 aromatic rings. The molecule has 2 heterocycles. The number of likely N-dealkylation sites (tertiary alicyclic amines) is 1. The molecule has 1 aromatic heterocycles. The molecule has 100 valence electrons. The molecule has 3 rings (SSSR count). The van der Waals surface area contributed by atoms with Gasteiger partial charge in [-0.05, 0) is 25.8 Å². The molecule has 0 radical (unpaired) electrons. The van der Waals surface area contributed by atoms with E-state index in [0.29, 0.717) is 31.7 Å². The number of benzene rings is 1. The van der Waals surface area contributed by atoms with Crippen LogP contribution in [0.5, 0.6) is 0 Å². The predicted octanol–water partition coefficient (Wildman–Crippen LogP) is 2.34. The smallest absolute Gasteiger partial charge is 0.289 e. The van der Waals surface area contributed by atoms with E-state index in [2.05, 4.69) is 0 Å². The summed E-state index contributed by atoms with van der Waals surface area (Å²) in [6.07, 6.45) is 1.01. The molecule has 1 saturated heterocycles. The Morgan fingerprint density at radius 2 is 2.00 bits per heavy atom. The molecule has 1 aliphatic rings. The summed E-state index contributed by atoms with van der Waals surface area (Å²) in [7, 11) is 0. The number of carbonyl (C=O) groups is 1. The summed E-state index contributed by atoms with van der Waals surface area (Å²) in [5, 5.41) is 10.5. The van der Waals surface area contributed by atoms with Gasteiger partial charge in [-0.15, -0.1) is 0 Å². The minimum Gasteiger partial charge on any atom is -0.451 e. The van der Waals surface area contributed by atoms with Gasteiger partial charge in [0, 0.05) is 24.0 Å². The maximum absolute atomic E-state index is 12.4. The Bertz CT molecular complexity index is 609. The van der Waals surface area contributed by atoms with Gasteiger partial charge in [0.1, 0.15) is 5.58 Å². The standard InChI is InChI=1S/C15H17NO3/c1-10-12-4-2-3-5-13(12)19-14(10)15(18)16-8-6-11(17)7-9-16/h2-5,11,17H,6-9H2,1H3. The summed E-state index contributed by atoms with van der Waals surface area (Å²) in [4.78, 5) is 14.2. The molecule has 1 N–H and O–H groups in total. The highest BCUT2D eigenvalue weighted by Gasteiger charge is 2.26. The second-order valence-electron chi connectivity index (χ2n) is 5.08. The lowest BCUT2D eigenvalue weighted by atomic mass is 10.1. The predicted molar refractivity (Wildman–Crippen MR) is 72.1 cm³/mol. The molecule has 0 aliphatic carbocycles. The Morgan fingerprint density at radius 1 is 1.32 bits per heavy atom. The van der Waals surface area contributed by atoms with Crippen molar-refractivity contribution >= 4 is 16.9 Å². The number of aliphatic hydroxyl groups excluding tert-OH is 1. The van der Waals surface area contributed by atoms with Crippen LogP contribution in [0.1, 0.15) is 29.0 Å². The summed E-state index contributed by atoms with van der Waals surface area (Å²) < 4.78 is 5.69. The average Bonchev–Trinajstić information content (AvgIpc) is 2.77. The third kappa shape index (κ3) is 2.12. The van der Waals surface area contributed by atoms with Gasteiger partial charge in [0.15, 0.2) is 5.76 Å². The van der Waals surface area contributed by atoms with Crippen molar-refractivity contribution in [3.63, 3.8) is 0 Å². The minimum atomic E-state index is -0.277. The number of carbonyl (C=O) groups excluding carboxylic acids is 1. The van der Waals surface area contributed by atoms with Crippen LogP contribution >= 0.6 is 0 Å². The van der Waals surface area contributed by atoms with E-state index < -0.39 is 0 Å². The quantitative estimate of drug-likeness (QED) is 0.855. The molecule has 0 bridgehead atoms. The summed E-state index contributed by atoms with van der Waals surface area (Å²) in [6, 6.07) is 7.68. The Balaban J connectivity index is 1.91. The second kappa shape index (κ2) is 4.70. The van der Waals surface area contributed by atoms with Crippen LogP contribution in [0.4, 0.5) is 0 Å². The van der Waals surface area contributed by atoms with Crippen LogP contribution in [0.2, 0.25) is 0 Å². The van der Waals surface area contributed by atoms with Crippen LogP contribution in [0, 0.1) is 6.92 Å². The van der Waals surface area contributed by atoms with Crippen molar-refractivity contribution < 1.29 is 14.3 Å². The lowest BCUT2D eigenvalue weighted by Gasteiger charge is -2.29. The molecule has 0 atom stereocenters. The van der Waals surface area contributed by atoms with E-state index in [1.54, 1.807) is 4.90 Å². The molecular formula is C15H17NO3. The largest absolute Gasteiger partial charge is 0.451 e. The number of aryl methyl sites for hydroxylation is 1. The Morgan fingerprint density at radius 3 is 2.68 bits per heavy atom.